The monoisotopic (exact) mass is 247 g/mol. The standard InChI is InChI=1S/C14H18N2O2/c1-10-14(11(2)16-9-8-15-10)18-13-6-4-12(17-3)5-7-13/h4-7,15H,8-9H2,1-3H3/p+1. The summed E-state index contributed by atoms with van der Waals surface area (Å²) in [4.78, 5) is 3.31. The van der Waals surface area contributed by atoms with Crippen LogP contribution in [0.25, 0.3) is 0 Å². The highest BCUT2D eigenvalue weighted by atomic mass is 16.5. The molecule has 0 fully saturated rings. The van der Waals surface area contributed by atoms with Crippen LogP contribution in [-0.2, 0) is 0 Å². The number of nitrogens with one attached hydrogen (secondary N) is 2. The van der Waals surface area contributed by atoms with E-state index in [1.54, 1.807) is 7.11 Å². The zero-order chi connectivity index (χ0) is 13.0. The van der Waals surface area contributed by atoms with Crippen molar-refractivity contribution in [2.45, 2.75) is 13.8 Å². The van der Waals surface area contributed by atoms with Crippen LogP contribution in [0.15, 0.2) is 35.7 Å². The van der Waals surface area contributed by atoms with Crippen molar-refractivity contribution in [3.63, 3.8) is 0 Å². The van der Waals surface area contributed by atoms with Gasteiger partial charge in [-0.3, -0.25) is 0 Å². The fraction of sp³-hybridized carbons (Fsp3) is 0.357. The summed E-state index contributed by atoms with van der Waals surface area (Å²) in [7, 11) is 1.65. The van der Waals surface area contributed by atoms with Crippen molar-refractivity contribution in [1.82, 2.24) is 5.32 Å². The van der Waals surface area contributed by atoms with E-state index in [0.717, 1.165) is 41.8 Å². The van der Waals surface area contributed by atoms with Gasteiger partial charge >= 0.3 is 0 Å². The maximum absolute atomic E-state index is 5.92. The smallest absolute Gasteiger partial charge is 0.216 e. The lowest BCUT2D eigenvalue weighted by atomic mass is 10.2. The molecule has 0 radical (unpaired) electrons. The molecule has 0 aromatic heterocycles. The molecule has 1 aromatic rings. The predicted molar refractivity (Wildman–Crippen MR) is 70.8 cm³/mol. The van der Waals surface area contributed by atoms with Crippen molar-refractivity contribution < 1.29 is 14.5 Å². The van der Waals surface area contributed by atoms with Crippen LogP contribution in [0.2, 0.25) is 0 Å². The summed E-state index contributed by atoms with van der Waals surface area (Å²) in [5.74, 6) is 2.48. The van der Waals surface area contributed by atoms with E-state index in [1.807, 2.05) is 38.1 Å². The van der Waals surface area contributed by atoms with Gasteiger partial charge in [0.2, 0.25) is 11.5 Å². The zero-order valence-electron chi connectivity index (χ0n) is 11.0. The second kappa shape index (κ2) is 5.58. The van der Waals surface area contributed by atoms with Gasteiger partial charge in [0.1, 0.15) is 11.5 Å². The SMILES string of the molecule is COc1ccc(OC2=C(C)NCC[NH+]=C2C)cc1. The Bertz CT molecular complexity index is 475. The highest BCUT2D eigenvalue weighted by Gasteiger charge is 2.17. The number of allylic oxidation sites excluding steroid dienone is 2. The predicted octanol–water partition coefficient (Wildman–Crippen LogP) is 0.450. The number of rotatable bonds is 3. The summed E-state index contributed by atoms with van der Waals surface area (Å²) in [5.41, 5.74) is 2.10. The number of ether oxygens (including phenoxy) is 2. The maximum Gasteiger partial charge on any atom is 0.216 e. The van der Waals surface area contributed by atoms with Crippen molar-refractivity contribution in [1.29, 1.82) is 0 Å². The summed E-state index contributed by atoms with van der Waals surface area (Å²) in [6.07, 6.45) is 0. The second-order valence-electron chi connectivity index (χ2n) is 4.21. The first-order chi connectivity index (χ1) is 8.70. The summed E-state index contributed by atoms with van der Waals surface area (Å²) >= 11 is 0. The molecule has 1 heterocycles. The Morgan fingerprint density at radius 2 is 1.78 bits per heavy atom. The quantitative estimate of drug-likeness (QED) is 0.815. The van der Waals surface area contributed by atoms with Crippen LogP contribution in [0.3, 0.4) is 0 Å². The van der Waals surface area contributed by atoms with Crippen LogP contribution in [0.1, 0.15) is 13.8 Å². The van der Waals surface area contributed by atoms with Gasteiger partial charge in [0, 0.05) is 6.92 Å². The molecule has 0 amide bonds. The highest BCUT2D eigenvalue weighted by Crippen LogP contribution is 2.20. The van der Waals surface area contributed by atoms with Gasteiger partial charge in [0.05, 0.1) is 19.4 Å². The van der Waals surface area contributed by atoms with Gasteiger partial charge in [-0.15, -0.1) is 0 Å². The van der Waals surface area contributed by atoms with Gasteiger partial charge in [-0.2, -0.15) is 0 Å². The molecule has 0 aliphatic carbocycles. The molecule has 0 saturated carbocycles. The molecule has 4 heteroatoms. The molecule has 1 aliphatic heterocycles. The van der Waals surface area contributed by atoms with Crippen molar-refractivity contribution >= 4 is 5.71 Å². The van der Waals surface area contributed by atoms with E-state index in [-0.39, 0.29) is 0 Å². The van der Waals surface area contributed by atoms with E-state index in [4.69, 9.17) is 9.47 Å². The Labute approximate surface area is 107 Å². The van der Waals surface area contributed by atoms with Crippen LogP contribution in [0.5, 0.6) is 11.5 Å². The first-order valence-corrected chi connectivity index (χ1v) is 6.05. The summed E-state index contributed by atoms with van der Waals surface area (Å²) in [6.45, 7) is 5.85. The molecule has 0 unspecified atom stereocenters. The molecule has 1 aromatic carbocycles. The third-order valence-corrected chi connectivity index (χ3v) is 2.87. The first kappa shape index (κ1) is 12.5. The molecule has 2 rings (SSSR count). The topological polar surface area (TPSA) is 44.5 Å². The number of hydrogen-bond donors (Lipinski definition) is 2. The normalized spacial score (nSPS) is 15.6. The Balaban J connectivity index is 2.20. The van der Waals surface area contributed by atoms with E-state index in [0.29, 0.717) is 0 Å². The van der Waals surface area contributed by atoms with Gasteiger partial charge in [0.25, 0.3) is 0 Å². The molecule has 0 bridgehead atoms. The van der Waals surface area contributed by atoms with Crippen LogP contribution in [0, 0.1) is 0 Å². The maximum atomic E-state index is 5.92. The average molecular weight is 247 g/mol. The minimum atomic E-state index is 0.801. The average Bonchev–Trinajstić information content (AvgIpc) is 2.55. The van der Waals surface area contributed by atoms with Crippen LogP contribution in [-0.4, -0.2) is 25.9 Å². The van der Waals surface area contributed by atoms with Crippen LogP contribution >= 0.6 is 0 Å². The van der Waals surface area contributed by atoms with Gasteiger partial charge in [0.15, 0.2) is 6.54 Å². The van der Waals surface area contributed by atoms with E-state index in [9.17, 15) is 0 Å². The third kappa shape index (κ3) is 2.83. The highest BCUT2D eigenvalue weighted by molar-refractivity contribution is 5.92. The number of benzene rings is 1. The Hall–Kier alpha value is -1.97. The molecular weight excluding hydrogens is 228 g/mol. The van der Waals surface area contributed by atoms with E-state index < -0.39 is 0 Å². The van der Waals surface area contributed by atoms with Gasteiger partial charge in [-0.25, -0.2) is 4.99 Å². The summed E-state index contributed by atoms with van der Waals surface area (Å²) in [6, 6.07) is 7.57. The van der Waals surface area contributed by atoms with Gasteiger partial charge in [-0.05, 0) is 31.2 Å². The molecule has 2 N–H and O–H groups in total. The molecular formula is C14H19N2O2+. The van der Waals surface area contributed by atoms with Gasteiger partial charge < -0.3 is 14.8 Å². The van der Waals surface area contributed by atoms with Crippen molar-refractivity contribution in [2.75, 3.05) is 20.2 Å². The minimum absolute atomic E-state index is 0.801. The van der Waals surface area contributed by atoms with E-state index >= 15 is 0 Å². The fourth-order valence-electron chi connectivity index (χ4n) is 1.86. The zero-order valence-corrected chi connectivity index (χ0v) is 11.0. The molecule has 0 spiro atoms. The Morgan fingerprint density at radius 3 is 2.44 bits per heavy atom. The third-order valence-electron chi connectivity index (χ3n) is 2.87. The molecule has 4 nitrogen and oxygen atoms in total. The summed E-state index contributed by atoms with van der Waals surface area (Å²) < 4.78 is 11.0. The molecule has 18 heavy (non-hydrogen) atoms. The first-order valence-electron chi connectivity index (χ1n) is 6.05. The van der Waals surface area contributed by atoms with E-state index in [1.165, 1.54) is 0 Å². The van der Waals surface area contributed by atoms with Crippen molar-refractivity contribution in [3.05, 3.63) is 35.7 Å². The number of hydrogen-bond acceptors (Lipinski definition) is 3. The lowest BCUT2D eigenvalue weighted by molar-refractivity contribution is -0.454. The van der Waals surface area contributed by atoms with E-state index in [2.05, 4.69) is 10.3 Å². The second-order valence-corrected chi connectivity index (χ2v) is 4.21. The minimum Gasteiger partial charge on any atom is -0.497 e. The van der Waals surface area contributed by atoms with Crippen molar-refractivity contribution in [2.24, 2.45) is 0 Å². The van der Waals surface area contributed by atoms with Crippen LogP contribution < -0.4 is 19.8 Å². The molecule has 96 valence electrons. The van der Waals surface area contributed by atoms with Crippen molar-refractivity contribution in [3.8, 4) is 11.5 Å². The Morgan fingerprint density at radius 1 is 1.11 bits per heavy atom. The van der Waals surface area contributed by atoms with Gasteiger partial charge in [-0.1, -0.05) is 0 Å². The fourth-order valence-corrected chi connectivity index (χ4v) is 1.86. The molecule has 0 atom stereocenters. The largest absolute Gasteiger partial charge is 0.497 e. The summed E-state index contributed by atoms with van der Waals surface area (Å²) in [5, 5.41) is 3.31. The lowest BCUT2D eigenvalue weighted by Gasteiger charge is -2.10. The van der Waals surface area contributed by atoms with Crippen LogP contribution in [0.4, 0.5) is 0 Å². The Kier molecular flexibility index (Phi) is 3.87. The number of methoxy groups -OCH3 is 1. The lowest BCUT2D eigenvalue weighted by Crippen LogP contribution is -2.73. The molecule has 1 aliphatic rings. The molecule has 0 saturated heterocycles.